The van der Waals surface area contributed by atoms with Gasteiger partial charge in [-0.1, -0.05) is 17.7 Å². The van der Waals surface area contributed by atoms with Crippen molar-refractivity contribution in [3.05, 3.63) is 58.6 Å². The number of Topliss-reactive ketones (excluding diaryl/α,β-unsaturated/α-hetero) is 1. The van der Waals surface area contributed by atoms with Crippen molar-refractivity contribution in [2.75, 3.05) is 13.3 Å². The number of amides is 1. The molecular weight excluding hydrogens is 354 g/mol. The molecule has 1 amide bonds. The van der Waals surface area contributed by atoms with Crippen LogP contribution in [0.25, 0.3) is 0 Å². The van der Waals surface area contributed by atoms with Gasteiger partial charge in [-0.3, -0.25) is 9.59 Å². The molecule has 2 aromatic rings. The van der Waals surface area contributed by atoms with Gasteiger partial charge in [0.05, 0.1) is 0 Å². The molecule has 6 heteroatoms. The third-order valence-corrected chi connectivity index (χ3v) is 4.53. The summed E-state index contributed by atoms with van der Waals surface area (Å²) in [5.41, 5.74) is 1.54. The molecule has 0 radical (unpaired) electrons. The zero-order chi connectivity index (χ0) is 18.5. The topological polar surface area (TPSA) is 55.8 Å². The monoisotopic (exact) mass is 373 g/mol. The number of benzene rings is 2. The second kappa shape index (κ2) is 8.23. The van der Waals surface area contributed by atoms with Gasteiger partial charge in [0, 0.05) is 36.5 Å². The van der Waals surface area contributed by atoms with Crippen LogP contribution in [0.2, 0.25) is 5.02 Å². The lowest BCUT2D eigenvalue weighted by molar-refractivity contribution is -0.131. The molecule has 1 aliphatic heterocycles. The summed E-state index contributed by atoms with van der Waals surface area (Å²) in [5.74, 6) is 1.31. The van der Waals surface area contributed by atoms with Crippen LogP contribution in [0, 0.1) is 0 Å². The van der Waals surface area contributed by atoms with Crippen LogP contribution in [0.5, 0.6) is 11.5 Å². The highest BCUT2D eigenvalue weighted by atomic mass is 35.5. The lowest BCUT2D eigenvalue weighted by atomic mass is 10.1. The van der Waals surface area contributed by atoms with Crippen molar-refractivity contribution in [3.8, 4) is 11.5 Å². The summed E-state index contributed by atoms with van der Waals surface area (Å²) in [7, 11) is 0. The van der Waals surface area contributed by atoms with E-state index in [-0.39, 0.29) is 31.3 Å². The fourth-order valence-corrected chi connectivity index (χ4v) is 2.92. The van der Waals surface area contributed by atoms with Gasteiger partial charge >= 0.3 is 0 Å². The van der Waals surface area contributed by atoms with E-state index in [2.05, 4.69) is 0 Å². The van der Waals surface area contributed by atoms with Crippen molar-refractivity contribution in [1.29, 1.82) is 0 Å². The van der Waals surface area contributed by atoms with E-state index < -0.39 is 0 Å². The Morgan fingerprint density at radius 3 is 2.50 bits per heavy atom. The van der Waals surface area contributed by atoms with Gasteiger partial charge in [0.2, 0.25) is 12.7 Å². The number of halogens is 1. The predicted octanol–water partition coefficient (Wildman–Crippen LogP) is 4.08. The lowest BCUT2D eigenvalue weighted by Crippen LogP contribution is -2.30. The van der Waals surface area contributed by atoms with E-state index in [1.807, 2.05) is 25.1 Å². The molecule has 0 aromatic heterocycles. The molecule has 0 fully saturated rings. The normalized spacial score (nSPS) is 12.1. The molecule has 1 heterocycles. The molecule has 0 bridgehead atoms. The Morgan fingerprint density at radius 1 is 1.04 bits per heavy atom. The molecule has 0 saturated carbocycles. The maximum Gasteiger partial charge on any atom is 0.231 e. The number of fused-ring (bicyclic) bond motifs is 1. The largest absolute Gasteiger partial charge is 0.454 e. The first-order chi connectivity index (χ1) is 12.6. The highest BCUT2D eigenvalue weighted by molar-refractivity contribution is 6.30. The van der Waals surface area contributed by atoms with Gasteiger partial charge in [-0.05, 0) is 48.9 Å². The summed E-state index contributed by atoms with van der Waals surface area (Å²) in [6.45, 7) is 3.19. The molecule has 136 valence electrons. The van der Waals surface area contributed by atoms with Gasteiger partial charge in [0.1, 0.15) is 0 Å². The van der Waals surface area contributed by atoms with E-state index in [1.54, 1.807) is 29.2 Å². The molecule has 1 aliphatic rings. The van der Waals surface area contributed by atoms with Crippen LogP contribution >= 0.6 is 11.6 Å². The average Bonchev–Trinajstić information content (AvgIpc) is 3.12. The van der Waals surface area contributed by atoms with Gasteiger partial charge in [0.25, 0.3) is 0 Å². The van der Waals surface area contributed by atoms with E-state index in [4.69, 9.17) is 21.1 Å². The quantitative estimate of drug-likeness (QED) is 0.686. The van der Waals surface area contributed by atoms with Crippen LogP contribution in [0.3, 0.4) is 0 Å². The Balaban J connectivity index is 1.56. The smallest absolute Gasteiger partial charge is 0.231 e. The van der Waals surface area contributed by atoms with E-state index in [0.29, 0.717) is 29.4 Å². The number of carbonyl (C=O) groups excluding carboxylic acids is 2. The predicted molar refractivity (Wildman–Crippen MR) is 98.7 cm³/mol. The number of rotatable bonds is 7. The Labute approximate surface area is 157 Å². The Bertz CT molecular complexity index is 804. The zero-order valence-corrected chi connectivity index (χ0v) is 15.3. The Morgan fingerprint density at radius 2 is 1.77 bits per heavy atom. The maximum absolute atomic E-state index is 12.5. The van der Waals surface area contributed by atoms with Crippen molar-refractivity contribution in [3.63, 3.8) is 0 Å². The molecule has 0 saturated heterocycles. The van der Waals surface area contributed by atoms with Crippen LogP contribution in [0.4, 0.5) is 0 Å². The number of hydrogen-bond donors (Lipinski definition) is 0. The molecule has 0 N–H and O–H groups in total. The number of nitrogens with zero attached hydrogens (tertiary/aromatic N) is 1. The highest BCUT2D eigenvalue weighted by Gasteiger charge is 2.17. The van der Waals surface area contributed by atoms with Crippen molar-refractivity contribution in [2.24, 2.45) is 0 Å². The number of hydrogen-bond acceptors (Lipinski definition) is 4. The minimum atomic E-state index is -0.0610. The van der Waals surface area contributed by atoms with E-state index in [0.717, 1.165) is 11.3 Å². The SMILES string of the molecule is CCN(Cc1ccc2c(c1)OCO2)C(=O)CCC(=O)c1ccc(Cl)cc1. The van der Waals surface area contributed by atoms with Crippen molar-refractivity contribution in [2.45, 2.75) is 26.3 Å². The molecule has 5 nitrogen and oxygen atoms in total. The fraction of sp³-hybridized carbons (Fsp3) is 0.300. The van der Waals surface area contributed by atoms with Crippen LogP contribution in [0.15, 0.2) is 42.5 Å². The van der Waals surface area contributed by atoms with E-state index in [1.165, 1.54) is 0 Å². The molecule has 0 atom stereocenters. The Hall–Kier alpha value is -2.53. The summed E-state index contributed by atoms with van der Waals surface area (Å²) < 4.78 is 10.7. The first kappa shape index (κ1) is 18.3. The highest BCUT2D eigenvalue weighted by Crippen LogP contribution is 2.32. The molecule has 26 heavy (non-hydrogen) atoms. The van der Waals surface area contributed by atoms with Crippen molar-refractivity contribution >= 4 is 23.3 Å². The van der Waals surface area contributed by atoms with Gasteiger partial charge in [-0.2, -0.15) is 0 Å². The summed E-state index contributed by atoms with van der Waals surface area (Å²) >= 11 is 5.83. The molecular formula is C20H20ClNO4. The minimum absolute atomic E-state index is 0.0486. The number of ketones is 1. The van der Waals surface area contributed by atoms with Gasteiger partial charge in [0.15, 0.2) is 17.3 Å². The second-order valence-corrected chi connectivity index (χ2v) is 6.46. The van der Waals surface area contributed by atoms with Crippen molar-refractivity contribution in [1.82, 2.24) is 4.90 Å². The van der Waals surface area contributed by atoms with Crippen LogP contribution in [-0.4, -0.2) is 29.9 Å². The van der Waals surface area contributed by atoms with Gasteiger partial charge in [-0.15, -0.1) is 0 Å². The molecule has 0 aliphatic carbocycles. The maximum atomic E-state index is 12.5. The van der Waals surface area contributed by atoms with Gasteiger partial charge in [-0.25, -0.2) is 0 Å². The zero-order valence-electron chi connectivity index (χ0n) is 14.5. The van der Waals surface area contributed by atoms with Gasteiger partial charge < -0.3 is 14.4 Å². The summed E-state index contributed by atoms with van der Waals surface area (Å²) in [6, 6.07) is 12.4. The van der Waals surface area contributed by atoms with E-state index in [9.17, 15) is 9.59 Å². The molecule has 3 rings (SSSR count). The second-order valence-electron chi connectivity index (χ2n) is 6.03. The summed E-state index contributed by atoms with van der Waals surface area (Å²) in [4.78, 5) is 26.4. The third-order valence-electron chi connectivity index (χ3n) is 4.28. The summed E-state index contributed by atoms with van der Waals surface area (Å²) in [5, 5.41) is 0.582. The van der Waals surface area contributed by atoms with E-state index >= 15 is 0 Å². The minimum Gasteiger partial charge on any atom is -0.454 e. The lowest BCUT2D eigenvalue weighted by Gasteiger charge is -2.21. The van der Waals surface area contributed by atoms with Crippen LogP contribution in [-0.2, 0) is 11.3 Å². The molecule has 0 spiro atoms. The fourth-order valence-electron chi connectivity index (χ4n) is 2.79. The average molecular weight is 374 g/mol. The first-order valence-corrected chi connectivity index (χ1v) is 8.89. The first-order valence-electron chi connectivity index (χ1n) is 8.52. The standard InChI is InChI=1S/C20H20ClNO4/c1-2-22(12-14-3-9-18-19(11-14)26-13-25-18)20(24)10-8-17(23)15-4-6-16(21)7-5-15/h3-7,9,11H,2,8,10,12-13H2,1H3. The Kier molecular flexibility index (Phi) is 5.78. The van der Waals surface area contributed by atoms with Crippen molar-refractivity contribution < 1.29 is 19.1 Å². The third kappa shape index (κ3) is 4.35. The summed E-state index contributed by atoms with van der Waals surface area (Å²) in [6.07, 6.45) is 0.359. The molecule has 2 aromatic carbocycles. The van der Waals surface area contributed by atoms with Crippen LogP contribution in [0.1, 0.15) is 35.7 Å². The molecule has 0 unspecified atom stereocenters. The van der Waals surface area contributed by atoms with Crippen LogP contribution < -0.4 is 9.47 Å². The number of carbonyl (C=O) groups is 2. The number of ether oxygens (including phenoxy) is 2.